The molecule has 140 valence electrons. The SMILES string of the molecule is Cc1cc(CN2CC3(CC(COc4ccccn4)CCN3C)C2)n(C)n1. The second-order valence-corrected chi connectivity index (χ2v) is 8.03. The van der Waals surface area contributed by atoms with Crippen LogP contribution in [-0.2, 0) is 13.6 Å². The molecule has 0 aliphatic carbocycles. The number of nitrogens with zero attached hydrogens (tertiary/aromatic N) is 5. The van der Waals surface area contributed by atoms with Crippen molar-refractivity contribution in [3.05, 3.63) is 41.9 Å². The topological polar surface area (TPSA) is 46.4 Å². The average Bonchev–Trinajstić information content (AvgIpc) is 2.92. The summed E-state index contributed by atoms with van der Waals surface area (Å²) in [6, 6.07) is 8.03. The summed E-state index contributed by atoms with van der Waals surface area (Å²) in [4.78, 5) is 9.37. The molecule has 1 atom stereocenters. The van der Waals surface area contributed by atoms with Crippen LogP contribution in [0.3, 0.4) is 0 Å². The summed E-state index contributed by atoms with van der Waals surface area (Å²) < 4.78 is 7.94. The maximum Gasteiger partial charge on any atom is 0.213 e. The van der Waals surface area contributed by atoms with Crippen LogP contribution >= 0.6 is 0 Å². The lowest BCUT2D eigenvalue weighted by molar-refractivity contribution is -0.0881. The number of likely N-dealkylation sites (N-methyl/N-ethyl adjacent to an activating group) is 1. The van der Waals surface area contributed by atoms with Crippen LogP contribution in [0.4, 0.5) is 0 Å². The van der Waals surface area contributed by atoms with E-state index in [-0.39, 0.29) is 0 Å². The van der Waals surface area contributed by atoms with Gasteiger partial charge in [-0.3, -0.25) is 14.5 Å². The molecule has 6 nitrogen and oxygen atoms in total. The highest BCUT2D eigenvalue weighted by Gasteiger charge is 2.49. The smallest absolute Gasteiger partial charge is 0.213 e. The zero-order valence-electron chi connectivity index (χ0n) is 16.1. The summed E-state index contributed by atoms with van der Waals surface area (Å²) >= 11 is 0. The van der Waals surface area contributed by atoms with E-state index < -0.39 is 0 Å². The highest BCUT2D eigenvalue weighted by molar-refractivity contribution is 5.13. The van der Waals surface area contributed by atoms with Gasteiger partial charge in [-0.25, -0.2) is 4.98 Å². The summed E-state index contributed by atoms with van der Waals surface area (Å²) in [5.74, 6) is 1.34. The van der Waals surface area contributed by atoms with Crippen molar-refractivity contribution in [1.29, 1.82) is 0 Å². The van der Waals surface area contributed by atoms with E-state index in [1.807, 2.05) is 29.9 Å². The monoisotopic (exact) mass is 355 g/mol. The molecule has 4 heterocycles. The molecule has 0 saturated carbocycles. The van der Waals surface area contributed by atoms with Crippen LogP contribution in [0.5, 0.6) is 5.88 Å². The van der Waals surface area contributed by atoms with E-state index in [0.717, 1.165) is 44.4 Å². The normalized spacial score (nSPS) is 23.1. The van der Waals surface area contributed by atoms with Crippen LogP contribution in [0.2, 0.25) is 0 Å². The first-order valence-electron chi connectivity index (χ1n) is 9.51. The van der Waals surface area contributed by atoms with Crippen LogP contribution in [0.1, 0.15) is 24.2 Å². The molecular weight excluding hydrogens is 326 g/mol. The number of aryl methyl sites for hydroxylation is 2. The maximum atomic E-state index is 5.93. The number of pyridine rings is 1. The minimum Gasteiger partial charge on any atom is -0.477 e. The van der Waals surface area contributed by atoms with Crippen molar-refractivity contribution in [3.63, 3.8) is 0 Å². The Hall–Kier alpha value is -1.92. The van der Waals surface area contributed by atoms with Gasteiger partial charge >= 0.3 is 0 Å². The molecule has 2 aliphatic rings. The third-order valence-corrected chi connectivity index (χ3v) is 5.98. The van der Waals surface area contributed by atoms with E-state index in [1.165, 1.54) is 18.5 Å². The minimum absolute atomic E-state index is 0.310. The third kappa shape index (κ3) is 3.48. The second-order valence-electron chi connectivity index (χ2n) is 8.03. The molecule has 2 aromatic rings. The molecule has 0 N–H and O–H groups in total. The maximum absolute atomic E-state index is 5.93. The molecule has 0 bridgehead atoms. The van der Waals surface area contributed by atoms with Gasteiger partial charge in [0.25, 0.3) is 0 Å². The number of piperidine rings is 1. The lowest BCUT2D eigenvalue weighted by Crippen LogP contribution is -2.71. The van der Waals surface area contributed by atoms with Crippen molar-refractivity contribution in [1.82, 2.24) is 24.6 Å². The minimum atomic E-state index is 0.310. The number of rotatable bonds is 5. The molecule has 2 fully saturated rings. The third-order valence-electron chi connectivity index (χ3n) is 5.98. The van der Waals surface area contributed by atoms with Gasteiger partial charge in [-0.1, -0.05) is 6.07 Å². The Morgan fingerprint density at radius 1 is 1.27 bits per heavy atom. The van der Waals surface area contributed by atoms with Crippen LogP contribution < -0.4 is 4.74 Å². The van der Waals surface area contributed by atoms with Gasteiger partial charge in [0.2, 0.25) is 5.88 Å². The van der Waals surface area contributed by atoms with Gasteiger partial charge in [0, 0.05) is 44.5 Å². The van der Waals surface area contributed by atoms with E-state index in [1.54, 1.807) is 6.20 Å². The van der Waals surface area contributed by atoms with Crippen LogP contribution in [0.25, 0.3) is 0 Å². The molecule has 1 spiro atoms. The molecule has 0 aromatic carbocycles. The van der Waals surface area contributed by atoms with Crippen molar-refractivity contribution in [2.75, 3.05) is 33.3 Å². The van der Waals surface area contributed by atoms with Crippen molar-refractivity contribution in [2.45, 2.75) is 31.8 Å². The van der Waals surface area contributed by atoms with Gasteiger partial charge in [-0.15, -0.1) is 0 Å². The average molecular weight is 355 g/mol. The van der Waals surface area contributed by atoms with Crippen molar-refractivity contribution < 1.29 is 4.74 Å². The van der Waals surface area contributed by atoms with E-state index in [9.17, 15) is 0 Å². The van der Waals surface area contributed by atoms with Crippen LogP contribution in [0, 0.1) is 12.8 Å². The fraction of sp³-hybridized carbons (Fsp3) is 0.600. The number of likely N-dealkylation sites (tertiary alicyclic amines) is 2. The largest absolute Gasteiger partial charge is 0.477 e. The first-order valence-corrected chi connectivity index (χ1v) is 9.51. The predicted molar refractivity (Wildman–Crippen MR) is 101 cm³/mol. The Morgan fingerprint density at radius 3 is 2.81 bits per heavy atom. The second kappa shape index (κ2) is 7.00. The predicted octanol–water partition coefficient (Wildman–Crippen LogP) is 2.10. The van der Waals surface area contributed by atoms with Crippen LogP contribution in [0.15, 0.2) is 30.5 Å². The molecule has 2 aromatic heterocycles. The van der Waals surface area contributed by atoms with Gasteiger partial charge in [-0.05, 0) is 51.4 Å². The summed E-state index contributed by atoms with van der Waals surface area (Å²) in [5.41, 5.74) is 2.70. The van der Waals surface area contributed by atoms with Gasteiger partial charge in [0.05, 0.1) is 18.0 Å². The van der Waals surface area contributed by atoms with Gasteiger partial charge in [-0.2, -0.15) is 5.10 Å². The lowest BCUT2D eigenvalue weighted by atomic mass is 9.75. The van der Waals surface area contributed by atoms with Gasteiger partial charge in [0.15, 0.2) is 0 Å². The van der Waals surface area contributed by atoms with Crippen molar-refractivity contribution >= 4 is 0 Å². The molecule has 6 heteroatoms. The van der Waals surface area contributed by atoms with E-state index in [2.05, 4.69) is 39.9 Å². The highest BCUT2D eigenvalue weighted by atomic mass is 16.5. The molecule has 0 amide bonds. The molecule has 2 saturated heterocycles. The Balaban J connectivity index is 1.32. The number of aromatic nitrogens is 3. The number of hydrogen-bond donors (Lipinski definition) is 0. The summed E-state index contributed by atoms with van der Waals surface area (Å²) in [6.45, 7) is 7.23. The zero-order chi connectivity index (χ0) is 18.1. The Bertz CT molecular complexity index is 738. The van der Waals surface area contributed by atoms with Crippen molar-refractivity contribution in [3.8, 4) is 5.88 Å². The fourth-order valence-electron chi connectivity index (χ4n) is 4.50. The molecule has 2 aliphatic heterocycles. The molecule has 26 heavy (non-hydrogen) atoms. The van der Waals surface area contributed by atoms with Gasteiger partial charge < -0.3 is 4.74 Å². The number of hydrogen-bond acceptors (Lipinski definition) is 5. The van der Waals surface area contributed by atoms with Crippen molar-refractivity contribution in [2.24, 2.45) is 13.0 Å². The summed E-state index contributed by atoms with van der Waals surface area (Å²) in [5, 5.41) is 4.46. The molecular formula is C20H29N5O. The zero-order valence-corrected chi connectivity index (χ0v) is 16.1. The number of ether oxygens (including phenoxy) is 1. The quantitative estimate of drug-likeness (QED) is 0.822. The first-order chi connectivity index (χ1) is 12.5. The lowest BCUT2D eigenvalue weighted by Gasteiger charge is -2.58. The standard InChI is InChI=1S/C20H29N5O/c1-16-10-18(24(3)22-16)12-25-14-20(15-25)11-17(7-9-23(20)2)13-26-19-6-4-5-8-21-19/h4-6,8,10,17H,7,9,11-15H2,1-3H3. The summed E-state index contributed by atoms with van der Waals surface area (Å²) in [7, 11) is 4.32. The van der Waals surface area contributed by atoms with E-state index in [0.29, 0.717) is 11.5 Å². The first kappa shape index (κ1) is 17.5. The Morgan fingerprint density at radius 2 is 2.12 bits per heavy atom. The highest BCUT2D eigenvalue weighted by Crippen LogP contribution is 2.39. The molecule has 4 rings (SSSR count). The molecule has 0 radical (unpaired) electrons. The van der Waals surface area contributed by atoms with E-state index >= 15 is 0 Å². The fourth-order valence-corrected chi connectivity index (χ4v) is 4.50. The summed E-state index contributed by atoms with van der Waals surface area (Å²) in [6.07, 6.45) is 4.19. The molecule has 1 unspecified atom stereocenters. The Labute approximate surface area is 155 Å². The van der Waals surface area contributed by atoms with E-state index in [4.69, 9.17) is 4.74 Å². The van der Waals surface area contributed by atoms with Gasteiger partial charge in [0.1, 0.15) is 0 Å². The van der Waals surface area contributed by atoms with Crippen LogP contribution in [-0.4, -0.2) is 63.4 Å². The Kier molecular flexibility index (Phi) is 4.71.